The van der Waals surface area contributed by atoms with Gasteiger partial charge in [0.05, 0.1) is 12.0 Å². The van der Waals surface area contributed by atoms with Crippen LogP contribution in [0.2, 0.25) is 0 Å². The van der Waals surface area contributed by atoms with Crippen molar-refractivity contribution in [1.29, 1.82) is 0 Å². The van der Waals surface area contributed by atoms with Crippen LogP contribution in [0.4, 0.5) is 0 Å². The predicted octanol–water partition coefficient (Wildman–Crippen LogP) is 9.26. The van der Waals surface area contributed by atoms with Crippen molar-refractivity contribution in [3.05, 3.63) is 192 Å². The summed E-state index contributed by atoms with van der Waals surface area (Å²) in [5, 5.41) is 11.1. The van der Waals surface area contributed by atoms with Crippen molar-refractivity contribution in [2.75, 3.05) is 0 Å². The lowest BCUT2D eigenvalue weighted by molar-refractivity contribution is 0.0559. The highest BCUT2D eigenvalue weighted by molar-refractivity contribution is 6.08. The lowest BCUT2D eigenvalue weighted by Gasteiger charge is -2.37. The van der Waals surface area contributed by atoms with E-state index in [0.717, 1.165) is 38.9 Å². The number of carbonyl (C=O) groups excluding carboxylic acids is 1. The van der Waals surface area contributed by atoms with Crippen LogP contribution in [0.5, 0.6) is 0 Å². The third kappa shape index (κ3) is 5.62. The molecule has 0 bridgehead atoms. The molecule has 0 atom stereocenters. The molecule has 0 fully saturated rings. The molecule has 2 aromatic heterocycles. The number of hydrogen-bond donors (Lipinski definition) is 1. The van der Waals surface area contributed by atoms with E-state index in [2.05, 4.69) is 83.6 Å². The molecule has 5 heteroatoms. The number of rotatable bonds is 9. The second-order valence-electron chi connectivity index (χ2n) is 12.2. The Bertz CT molecular complexity index is 2090. The second-order valence-corrected chi connectivity index (χ2v) is 12.2. The highest BCUT2D eigenvalue weighted by Crippen LogP contribution is 2.41. The second kappa shape index (κ2) is 12.2. The van der Waals surface area contributed by atoms with Crippen molar-refractivity contribution in [1.82, 2.24) is 9.55 Å². The Labute approximate surface area is 274 Å². The number of imidazole rings is 1. The van der Waals surface area contributed by atoms with Gasteiger partial charge in [-0.15, -0.1) is 0 Å². The van der Waals surface area contributed by atoms with E-state index < -0.39 is 11.1 Å². The maximum atomic E-state index is 13.3. The highest BCUT2D eigenvalue weighted by atomic mass is 16.4. The fourth-order valence-corrected chi connectivity index (χ4v) is 6.27. The average molecular weight is 615 g/mol. The summed E-state index contributed by atoms with van der Waals surface area (Å²) in [7, 11) is 0. The number of aromatic nitrogens is 2. The van der Waals surface area contributed by atoms with Gasteiger partial charge in [-0.05, 0) is 66.4 Å². The number of benzene rings is 5. The van der Waals surface area contributed by atoms with E-state index in [-0.39, 0.29) is 5.78 Å². The minimum Gasteiger partial charge on any atom is -0.458 e. The zero-order chi connectivity index (χ0) is 32.4. The van der Waals surface area contributed by atoms with Crippen LogP contribution in [0.1, 0.15) is 52.2 Å². The average Bonchev–Trinajstić information content (AvgIpc) is 3.77. The van der Waals surface area contributed by atoms with Gasteiger partial charge in [0, 0.05) is 22.7 Å². The molecule has 7 aromatic rings. The van der Waals surface area contributed by atoms with E-state index in [1.807, 2.05) is 54.9 Å². The number of fused-ring (bicyclic) bond motifs is 1. The van der Waals surface area contributed by atoms with Crippen LogP contribution in [0.3, 0.4) is 0 Å². The number of hydrogen-bond acceptors (Lipinski definition) is 4. The zero-order valence-corrected chi connectivity index (χ0v) is 26.2. The summed E-state index contributed by atoms with van der Waals surface area (Å²) < 4.78 is 7.97. The fourth-order valence-electron chi connectivity index (χ4n) is 6.27. The van der Waals surface area contributed by atoms with Gasteiger partial charge in [-0.3, -0.25) is 4.79 Å². The Morgan fingerprint density at radius 2 is 1.32 bits per heavy atom. The van der Waals surface area contributed by atoms with Crippen LogP contribution >= 0.6 is 0 Å². The summed E-state index contributed by atoms with van der Waals surface area (Å²) in [6.45, 7) is 3.34. The lowest BCUT2D eigenvalue weighted by Crippen LogP contribution is -2.36. The van der Waals surface area contributed by atoms with E-state index in [9.17, 15) is 9.90 Å². The SMILES string of the molecule is CC(C)(O)c1cc2cc(C(=O)C=Cc3ccccc3-c3cn(C(c4ccccc4)(c4ccccc4)c4ccccc4)cn3)ccc2o1. The van der Waals surface area contributed by atoms with Crippen molar-refractivity contribution < 1.29 is 14.3 Å². The Morgan fingerprint density at radius 3 is 1.91 bits per heavy atom. The molecule has 5 nitrogen and oxygen atoms in total. The molecule has 7 rings (SSSR count). The van der Waals surface area contributed by atoms with Crippen molar-refractivity contribution in [2.45, 2.75) is 25.0 Å². The third-order valence-electron chi connectivity index (χ3n) is 8.60. The van der Waals surface area contributed by atoms with Gasteiger partial charge in [0.25, 0.3) is 0 Å². The van der Waals surface area contributed by atoms with Gasteiger partial charge in [-0.25, -0.2) is 4.98 Å². The lowest BCUT2D eigenvalue weighted by atomic mass is 9.77. The molecule has 0 saturated carbocycles. The first-order valence-corrected chi connectivity index (χ1v) is 15.6. The number of carbonyl (C=O) groups is 1. The summed E-state index contributed by atoms with van der Waals surface area (Å²) in [5.41, 5.74) is 5.32. The van der Waals surface area contributed by atoms with Crippen LogP contribution in [-0.4, -0.2) is 20.4 Å². The van der Waals surface area contributed by atoms with Crippen LogP contribution in [0.25, 0.3) is 28.3 Å². The largest absolute Gasteiger partial charge is 0.458 e. The molecular weight excluding hydrogens is 580 g/mol. The van der Waals surface area contributed by atoms with E-state index in [1.165, 1.54) is 0 Å². The molecule has 0 unspecified atom stereocenters. The Morgan fingerprint density at radius 1 is 0.745 bits per heavy atom. The summed E-state index contributed by atoms with van der Waals surface area (Å²) >= 11 is 0. The number of allylic oxidation sites excluding steroid dienone is 1. The van der Waals surface area contributed by atoms with Crippen molar-refractivity contribution in [3.8, 4) is 11.3 Å². The Kier molecular flexibility index (Phi) is 7.76. The van der Waals surface area contributed by atoms with Gasteiger partial charge < -0.3 is 14.1 Å². The Balaban J connectivity index is 1.28. The molecule has 0 spiro atoms. The number of ketones is 1. The molecular formula is C42H34N2O3. The molecule has 5 aromatic carbocycles. The maximum absolute atomic E-state index is 13.3. The molecule has 230 valence electrons. The molecule has 0 aliphatic rings. The first-order chi connectivity index (χ1) is 22.8. The molecule has 2 heterocycles. The number of furan rings is 1. The minimum atomic E-state index is -1.11. The van der Waals surface area contributed by atoms with Crippen LogP contribution in [-0.2, 0) is 11.1 Å². The molecule has 0 aliphatic heterocycles. The Hall–Kier alpha value is -5.78. The fraction of sp³-hybridized carbons (Fsp3) is 0.0952. The monoisotopic (exact) mass is 614 g/mol. The first-order valence-electron chi connectivity index (χ1n) is 15.6. The summed E-state index contributed by atoms with van der Waals surface area (Å²) in [6, 6.07) is 46.6. The smallest absolute Gasteiger partial charge is 0.185 e. The highest BCUT2D eigenvalue weighted by Gasteiger charge is 2.38. The van der Waals surface area contributed by atoms with Crippen LogP contribution < -0.4 is 0 Å². The minimum absolute atomic E-state index is 0.130. The summed E-state index contributed by atoms with van der Waals surface area (Å²) in [6.07, 6.45) is 7.43. The van der Waals surface area contributed by atoms with Gasteiger partial charge in [0.1, 0.15) is 22.5 Å². The molecule has 0 aliphatic carbocycles. The van der Waals surface area contributed by atoms with E-state index in [0.29, 0.717) is 16.9 Å². The van der Waals surface area contributed by atoms with E-state index in [4.69, 9.17) is 9.40 Å². The normalized spacial score (nSPS) is 12.1. The summed E-state index contributed by atoms with van der Waals surface area (Å²) in [5.74, 6) is 0.325. The van der Waals surface area contributed by atoms with E-state index in [1.54, 1.807) is 44.2 Å². The van der Waals surface area contributed by atoms with Gasteiger partial charge in [-0.1, -0.05) is 121 Å². The standard InChI is InChI=1S/C42H34N2O3/c1-41(2,46)40-27-32-26-31(23-25-39(32)47-40)38(45)24-22-30-14-12-13-21-36(30)37-28-44(29-43-37)42(33-15-6-3-7-16-33,34-17-8-4-9-18-34)35-19-10-5-11-20-35/h3-29,46H,1-2H3. The van der Waals surface area contributed by atoms with Gasteiger partial charge in [0.15, 0.2) is 5.78 Å². The summed E-state index contributed by atoms with van der Waals surface area (Å²) in [4.78, 5) is 18.3. The molecule has 0 saturated heterocycles. The third-order valence-corrected chi connectivity index (χ3v) is 8.60. The van der Waals surface area contributed by atoms with Crippen molar-refractivity contribution in [2.24, 2.45) is 0 Å². The molecule has 0 amide bonds. The first kappa shape index (κ1) is 29.9. The predicted molar refractivity (Wildman–Crippen MR) is 187 cm³/mol. The molecule has 47 heavy (non-hydrogen) atoms. The van der Waals surface area contributed by atoms with E-state index >= 15 is 0 Å². The van der Waals surface area contributed by atoms with Crippen molar-refractivity contribution >= 4 is 22.8 Å². The van der Waals surface area contributed by atoms with Gasteiger partial charge in [-0.2, -0.15) is 0 Å². The number of aliphatic hydroxyl groups is 1. The maximum Gasteiger partial charge on any atom is 0.185 e. The quantitative estimate of drug-likeness (QED) is 0.1000. The van der Waals surface area contributed by atoms with Crippen molar-refractivity contribution in [3.63, 3.8) is 0 Å². The van der Waals surface area contributed by atoms with Crippen LogP contribution in [0, 0.1) is 0 Å². The number of nitrogens with zero attached hydrogens (tertiary/aromatic N) is 2. The molecule has 1 N–H and O–H groups in total. The van der Waals surface area contributed by atoms with Crippen LogP contribution in [0.15, 0.2) is 163 Å². The molecule has 0 radical (unpaired) electrons. The zero-order valence-electron chi connectivity index (χ0n) is 26.2. The topological polar surface area (TPSA) is 68.3 Å². The van der Waals surface area contributed by atoms with Gasteiger partial charge >= 0.3 is 0 Å². The van der Waals surface area contributed by atoms with Gasteiger partial charge in [0.2, 0.25) is 0 Å².